The molecule has 0 aliphatic rings. The molecule has 0 bridgehead atoms. The summed E-state index contributed by atoms with van der Waals surface area (Å²) in [5.74, 6) is 1.71. The number of carboxylic acid groups (broad SMARTS) is 1. The minimum absolute atomic E-state index is 0.0775. The molecule has 1 aromatic heterocycles. The van der Waals surface area contributed by atoms with Crippen LogP contribution < -0.4 is 19.3 Å². The Kier molecular flexibility index (Phi) is 6.61. The van der Waals surface area contributed by atoms with Crippen LogP contribution >= 0.6 is 11.8 Å². The molecule has 0 radical (unpaired) electrons. The van der Waals surface area contributed by atoms with E-state index in [-0.39, 0.29) is 6.42 Å². The normalized spacial score (nSPS) is 10.6. The molecule has 0 spiro atoms. The fourth-order valence-corrected chi connectivity index (χ4v) is 3.59. The fraction of sp³-hybridized carbons (Fsp3) is 0.250. The zero-order valence-electron chi connectivity index (χ0n) is 16.2. The van der Waals surface area contributed by atoms with Crippen molar-refractivity contribution in [2.75, 3.05) is 27.1 Å². The Morgan fingerprint density at radius 2 is 1.72 bits per heavy atom. The number of thioether (sulfide) groups is 1. The number of rotatable bonds is 9. The summed E-state index contributed by atoms with van der Waals surface area (Å²) in [6, 6.07) is 12.9. The molecular weight excluding hydrogens is 394 g/mol. The number of methoxy groups -OCH3 is 3. The van der Waals surface area contributed by atoms with Crippen LogP contribution in [0, 0.1) is 0 Å². The summed E-state index contributed by atoms with van der Waals surface area (Å²) < 4.78 is 17.8. The van der Waals surface area contributed by atoms with Crippen LogP contribution in [0.2, 0.25) is 0 Å². The highest BCUT2D eigenvalue weighted by atomic mass is 32.2. The average Bonchev–Trinajstić information content (AvgIpc) is 3.16. The van der Waals surface area contributed by atoms with Crippen molar-refractivity contribution in [3.63, 3.8) is 0 Å². The highest BCUT2D eigenvalue weighted by Gasteiger charge is 2.18. The predicted molar refractivity (Wildman–Crippen MR) is 107 cm³/mol. The van der Waals surface area contributed by atoms with Gasteiger partial charge in [0.1, 0.15) is 5.75 Å². The number of nitrogens with zero attached hydrogens (tertiary/aromatic N) is 3. The van der Waals surface area contributed by atoms with Gasteiger partial charge in [0.05, 0.1) is 21.3 Å². The molecule has 1 heterocycles. The maximum atomic E-state index is 10.8. The molecule has 0 saturated carbocycles. The van der Waals surface area contributed by atoms with Crippen molar-refractivity contribution >= 4 is 17.7 Å². The second-order valence-corrected chi connectivity index (χ2v) is 6.94. The Hall–Kier alpha value is -3.20. The summed E-state index contributed by atoms with van der Waals surface area (Å²) in [5.41, 5.74) is 1.59. The second-order valence-electron chi connectivity index (χ2n) is 5.88. The van der Waals surface area contributed by atoms with Crippen molar-refractivity contribution in [1.82, 2.24) is 14.8 Å². The Morgan fingerprint density at radius 3 is 2.34 bits per heavy atom. The first-order chi connectivity index (χ1) is 14.1. The van der Waals surface area contributed by atoms with Gasteiger partial charge in [0, 0.05) is 23.0 Å². The van der Waals surface area contributed by atoms with Crippen molar-refractivity contribution in [2.45, 2.75) is 11.6 Å². The lowest BCUT2D eigenvalue weighted by Crippen LogP contribution is -2.22. The van der Waals surface area contributed by atoms with E-state index in [1.165, 1.54) is 11.8 Å². The van der Waals surface area contributed by atoms with Gasteiger partial charge in [0.25, 0.3) is 0 Å². The van der Waals surface area contributed by atoms with E-state index in [9.17, 15) is 9.90 Å². The van der Waals surface area contributed by atoms with Crippen molar-refractivity contribution in [3.8, 4) is 34.3 Å². The zero-order chi connectivity index (χ0) is 20.8. The zero-order valence-corrected chi connectivity index (χ0v) is 17.1. The van der Waals surface area contributed by atoms with Crippen molar-refractivity contribution in [3.05, 3.63) is 42.5 Å². The molecular formula is C20H20N3O5S-. The van der Waals surface area contributed by atoms with E-state index in [0.29, 0.717) is 28.2 Å². The van der Waals surface area contributed by atoms with Gasteiger partial charge in [0.2, 0.25) is 0 Å². The summed E-state index contributed by atoms with van der Waals surface area (Å²) >= 11 is 1.29. The highest BCUT2D eigenvalue weighted by molar-refractivity contribution is 7.99. The monoisotopic (exact) mass is 414 g/mol. The van der Waals surface area contributed by atoms with Crippen LogP contribution in [0.25, 0.3) is 17.1 Å². The molecule has 0 saturated heterocycles. The largest absolute Gasteiger partial charge is 0.550 e. The molecule has 0 atom stereocenters. The summed E-state index contributed by atoms with van der Waals surface area (Å²) in [6.45, 7) is 0. The van der Waals surface area contributed by atoms with Gasteiger partial charge in [-0.2, -0.15) is 0 Å². The summed E-state index contributed by atoms with van der Waals surface area (Å²) in [4.78, 5) is 10.8. The van der Waals surface area contributed by atoms with Gasteiger partial charge in [-0.3, -0.25) is 4.57 Å². The average molecular weight is 414 g/mol. The smallest absolute Gasteiger partial charge is 0.196 e. The lowest BCUT2D eigenvalue weighted by molar-refractivity contribution is -0.305. The van der Waals surface area contributed by atoms with Crippen LogP contribution in [-0.2, 0) is 4.79 Å². The van der Waals surface area contributed by atoms with E-state index in [1.807, 2.05) is 41.0 Å². The highest BCUT2D eigenvalue weighted by Crippen LogP contribution is 2.34. The van der Waals surface area contributed by atoms with Gasteiger partial charge in [0.15, 0.2) is 22.5 Å². The minimum Gasteiger partial charge on any atom is -0.550 e. The van der Waals surface area contributed by atoms with E-state index in [0.717, 1.165) is 17.0 Å². The van der Waals surface area contributed by atoms with Gasteiger partial charge in [-0.25, -0.2) is 0 Å². The van der Waals surface area contributed by atoms with Gasteiger partial charge >= 0.3 is 0 Å². The van der Waals surface area contributed by atoms with Gasteiger partial charge in [-0.1, -0.05) is 11.8 Å². The lowest BCUT2D eigenvalue weighted by Gasteiger charge is -2.13. The van der Waals surface area contributed by atoms with Crippen LogP contribution in [0.1, 0.15) is 6.42 Å². The van der Waals surface area contributed by atoms with Crippen molar-refractivity contribution < 1.29 is 24.1 Å². The number of carbonyl (C=O) groups excluding carboxylic acids is 1. The van der Waals surface area contributed by atoms with Crippen LogP contribution in [0.4, 0.5) is 0 Å². The number of aliphatic carboxylic acids is 1. The number of aromatic nitrogens is 3. The Bertz CT molecular complexity index is 988. The molecule has 0 aliphatic heterocycles. The molecule has 3 rings (SSSR count). The third kappa shape index (κ3) is 4.62. The van der Waals surface area contributed by atoms with E-state index in [2.05, 4.69) is 10.2 Å². The van der Waals surface area contributed by atoms with Crippen LogP contribution in [0.15, 0.2) is 47.6 Å². The molecule has 9 heteroatoms. The lowest BCUT2D eigenvalue weighted by atomic mass is 10.2. The molecule has 0 amide bonds. The number of benzene rings is 2. The predicted octanol–water partition coefficient (Wildman–Crippen LogP) is 2.19. The van der Waals surface area contributed by atoms with Gasteiger partial charge in [-0.15, -0.1) is 10.2 Å². The molecule has 2 aromatic carbocycles. The van der Waals surface area contributed by atoms with Crippen LogP contribution in [0.3, 0.4) is 0 Å². The van der Waals surface area contributed by atoms with Crippen molar-refractivity contribution in [2.24, 2.45) is 0 Å². The quantitative estimate of drug-likeness (QED) is 0.492. The molecule has 0 fully saturated rings. The van der Waals surface area contributed by atoms with E-state index >= 15 is 0 Å². The maximum Gasteiger partial charge on any atom is 0.196 e. The Morgan fingerprint density at radius 1 is 1.00 bits per heavy atom. The molecule has 8 nitrogen and oxygen atoms in total. The molecule has 29 heavy (non-hydrogen) atoms. The number of carbonyl (C=O) groups is 1. The molecule has 0 aliphatic carbocycles. The maximum absolute atomic E-state index is 10.8. The first-order valence-corrected chi connectivity index (χ1v) is 9.70. The summed E-state index contributed by atoms with van der Waals surface area (Å²) in [7, 11) is 4.74. The van der Waals surface area contributed by atoms with Crippen LogP contribution in [-0.4, -0.2) is 47.8 Å². The molecule has 0 N–H and O–H groups in total. The van der Waals surface area contributed by atoms with E-state index in [1.54, 1.807) is 27.4 Å². The standard InChI is InChI=1S/C20H21N3O5S/c1-26-15-7-5-14(6-8-15)23-19(21-22-20(23)29-11-10-18(24)25)13-4-9-16(27-2)17(12-13)28-3/h4-9,12H,10-11H2,1-3H3,(H,24,25)/p-1. The number of ether oxygens (including phenoxy) is 3. The third-order valence-electron chi connectivity index (χ3n) is 4.14. The number of hydrogen-bond acceptors (Lipinski definition) is 8. The number of carboxylic acids is 1. The SMILES string of the molecule is COc1ccc(-n2c(SCCC(=O)[O-])nnc2-c2ccc(OC)c(OC)c2)cc1. The minimum atomic E-state index is -1.10. The van der Waals surface area contributed by atoms with E-state index < -0.39 is 5.97 Å². The summed E-state index contributed by atoms with van der Waals surface area (Å²) in [5, 5.41) is 19.9. The molecule has 0 unspecified atom stereocenters. The van der Waals surface area contributed by atoms with Gasteiger partial charge < -0.3 is 24.1 Å². The van der Waals surface area contributed by atoms with Crippen LogP contribution in [0.5, 0.6) is 17.2 Å². The molecule has 3 aromatic rings. The first kappa shape index (κ1) is 20.5. The third-order valence-corrected chi connectivity index (χ3v) is 5.07. The fourth-order valence-electron chi connectivity index (χ4n) is 2.72. The summed E-state index contributed by atoms with van der Waals surface area (Å²) in [6.07, 6.45) is -0.0775. The van der Waals surface area contributed by atoms with Gasteiger partial charge in [-0.05, 0) is 48.9 Å². The Balaban J connectivity index is 2.06. The second kappa shape index (κ2) is 9.33. The van der Waals surface area contributed by atoms with Crippen molar-refractivity contribution in [1.29, 1.82) is 0 Å². The van der Waals surface area contributed by atoms with E-state index in [4.69, 9.17) is 14.2 Å². The number of hydrogen-bond donors (Lipinski definition) is 0. The Labute approximate surface area is 172 Å². The topological polar surface area (TPSA) is 98.5 Å². The first-order valence-electron chi connectivity index (χ1n) is 8.72. The molecule has 152 valence electrons.